The van der Waals surface area contributed by atoms with Crippen molar-refractivity contribution in [1.29, 1.82) is 0 Å². The molecule has 0 saturated carbocycles. The summed E-state index contributed by atoms with van der Waals surface area (Å²) in [6.07, 6.45) is 0. The average Bonchev–Trinajstić information content (AvgIpc) is 2.14. The molecule has 1 aromatic carbocycles. The fourth-order valence-electron chi connectivity index (χ4n) is 1.01. The number of carbonyl (C=O) groups is 1. The summed E-state index contributed by atoms with van der Waals surface area (Å²) >= 11 is 11.6. The first kappa shape index (κ1) is 12.3. The number of nitrogens with one attached hydrogen (secondary N) is 2. The zero-order valence-corrected chi connectivity index (χ0v) is 9.99. The summed E-state index contributed by atoms with van der Waals surface area (Å²) in [6, 6.07) is 4.64. The lowest BCUT2D eigenvalue weighted by Gasteiger charge is -2.11. The molecule has 0 aliphatic heterocycles. The SMILES string of the molecule is CNC(C)C(=O)Nc1cc(Cl)cc(Cl)c1. The van der Waals surface area contributed by atoms with Gasteiger partial charge in [-0.25, -0.2) is 0 Å². The molecule has 0 aliphatic rings. The van der Waals surface area contributed by atoms with Gasteiger partial charge >= 0.3 is 0 Å². The standard InChI is InChI=1S/C10H12Cl2N2O/c1-6(13-2)10(15)14-9-4-7(11)3-8(12)5-9/h3-6,13H,1-2H3,(H,14,15). The smallest absolute Gasteiger partial charge is 0.241 e. The molecular formula is C10H12Cl2N2O. The van der Waals surface area contributed by atoms with Gasteiger partial charge in [-0.15, -0.1) is 0 Å². The van der Waals surface area contributed by atoms with E-state index in [0.29, 0.717) is 15.7 Å². The Kier molecular flexibility index (Phi) is 4.39. The van der Waals surface area contributed by atoms with Gasteiger partial charge in [0.05, 0.1) is 6.04 Å². The van der Waals surface area contributed by atoms with Crippen LogP contribution in [-0.4, -0.2) is 19.0 Å². The van der Waals surface area contributed by atoms with E-state index in [2.05, 4.69) is 10.6 Å². The van der Waals surface area contributed by atoms with Gasteiger partial charge in [0.15, 0.2) is 0 Å². The van der Waals surface area contributed by atoms with E-state index in [0.717, 1.165) is 0 Å². The second kappa shape index (κ2) is 5.35. The zero-order valence-electron chi connectivity index (χ0n) is 8.47. The van der Waals surface area contributed by atoms with E-state index in [1.165, 1.54) is 0 Å². The summed E-state index contributed by atoms with van der Waals surface area (Å²) in [5.41, 5.74) is 0.597. The van der Waals surface area contributed by atoms with Crippen molar-refractivity contribution >= 4 is 34.8 Å². The Morgan fingerprint density at radius 2 is 1.80 bits per heavy atom. The second-order valence-electron chi connectivity index (χ2n) is 3.16. The minimum Gasteiger partial charge on any atom is -0.325 e. The predicted molar refractivity (Wildman–Crippen MR) is 63.6 cm³/mol. The summed E-state index contributed by atoms with van der Waals surface area (Å²) in [7, 11) is 1.72. The third-order valence-corrected chi connectivity index (χ3v) is 2.39. The van der Waals surface area contributed by atoms with Gasteiger partial charge in [-0.3, -0.25) is 4.79 Å². The summed E-state index contributed by atoms with van der Waals surface area (Å²) < 4.78 is 0. The van der Waals surface area contributed by atoms with Crippen LogP contribution in [0.3, 0.4) is 0 Å². The maximum atomic E-state index is 11.5. The quantitative estimate of drug-likeness (QED) is 0.861. The number of likely N-dealkylation sites (N-methyl/N-ethyl adjacent to an activating group) is 1. The molecule has 0 spiro atoms. The van der Waals surface area contributed by atoms with Crippen LogP contribution in [-0.2, 0) is 4.79 Å². The summed E-state index contributed by atoms with van der Waals surface area (Å²) in [5.74, 6) is -0.129. The molecule has 1 rings (SSSR count). The van der Waals surface area contributed by atoms with Crippen LogP contribution in [0.5, 0.6) is 0 Å². The van der Waals surface area contributed by atoms with Crippen LogP contribution < -0.4 is 10.6 Å². The molecule has 1 aromatic rings. The minimum atomic E-state index is -0.261. The monoisotopic (exact) mass is 246 g/mol. The van der Waals surface area contributed by atoms with Crippen LogP contribution in [0, 0.1) is 0 Å². The van der Waals surface area contributed by atoms with Crippen molar-refractivity contribution in [3.63, 3.8) is 0 Å². The number of carbonyl (C=O) groups excluding carboxylic acids is 1. The number of hydrogen-bond acceptors (Lipinski definition) is 2. The van der Waals surface area contributed by atoms with Crippen LogP contribution in [0.25, 0.3) is 0 Å². The van der Waals surface area contributed by atoms with Crippen molar-refractivity contribution in [1.82, 2.24) is 5.32 Å². The number of anilines is 1. The summed E-state index contributed by atoms with van der Waals surface area (Å²) in [5, 5.41) is 6.53. The van der Waals surface area contributed by atoms with E-state index in [-0.39, 0.29) is 11.9 Å². The molecule has 1 amide bonds. The van der Waals surface area contributed by atoms with Crippen molar-refractivity contribution in [3.8, 4) is 0 Å². The Balaban J connectivity index is 2.76. The molecule has 15 heavy (non-hydrogen) atoms. The zero-order chi connectivity index (χ0) is 11.4. The lowest BCUT2D eigenvalue weighted by molar-refractivity contribution is -0.117. The highest BCUT2D eigenvalue weighted by Crippen LogP contribution is 2.22. The molecule has 0 aromatic heterocycles. The van der Waals surface area contributed by atoms with Crippen molar-refractivity contribution in [2.75, 3.05) is 12.4 Å². The highest BCUT2D eigenvalue weighted by atomic mass is 35.5. The molecule has 0 heterocycles. The van der Waals surface area contributed by atoms with Crippen molar-refractivity contribution < 1.29 is 4.79 Å². The van der Waals surface area contributed by atoms with E-state index < -0.39 is 0 Å². The molecule has 5 heteroatoms. The van der Waals surface area contributed by atoms with Crippen molar-refractivity contribution in [2.45, 2.75) is 13.0 Å². The molecule has 3 nitrogen and oxygen atoms in total. The average molecular weight is 247 g/mol. The number of amides is 1. The van der Waals surface area contributed by atoms with Crippen molar-refractivity contribution in [3.05, 3.63) is 28.2 Å². The van der Waals surface area contributed by atoms with Gasteiger partial charge < -0.3 is 10.6 Å². The molecule has 1 atom stereocenters. The Morgan fingerprint density at radius 3 is 2.27 bits per heavy atom. The normalized spacial score (nSPS) is 12.3. The third-order valence-electron chi connectivity index (χ3n) is 1.96. The summed E-state index contributed by atoms with van der Waals surface area (Å²) in [6.45, 7) is 1.77. The van der Waals surface area contributed by atoms with Gasteiger partial charge in [0, 0.05) is 15.7 Å². The molecule has 0 bridgehead atoms. The first-order chi connectivity index (χ1) is 7.02. The third kappa shape index (κ3) is 3.70. The number of hydrogen-bond donors (Lipinski definition) is 2. The van der Waals surface area contributed by atoms with Gasteiger partial charge in [0.1, 0.15) is 0 Å². The van der Waals surface area contributed by atoms with Gasteiger partial charge in [-0.1, -0.05) is 23.2 Å². The largest absolute Gasteiger partial charge is 0.325 e. The first-order valence-corrected chi connectivity index (χ1v) is 5.22. The molecule has 82 valence electrons. The Morgan fingerprint density at radius 1 is 1.27 bits per heavy atom. The highest BCUT2D eigenvalue weighted by molar-refractivity contribution is 6.35. The Bertz CT molecular complexity index is 348. The number of rotatable bonds is 3. The lowest BCUT2D eigenvalue weighted by atomic mass is 10.2. The van der Waals surface area contributed by atoms with E-state index >= 15 is 0 Å². The van der Waals surface area contributed by atoms with Crippen LogP contribution in [0.4, 0.5) is 5.69 Å². The maximum Gasteiger partial charge on any atom is 0.241 e. The first-order valence-electron chi connectivity index (χ1n) is 4.47. The maximum absolute atomic E-state index is 11.5. The summed E-state index contributed by atoms with van der Waals surface area (Å²) in [4.78, 5) is 11.5. The molecule has 2 N–H and O–H groups in total. The molecule has 0 fully saturated rings. The fourth-order valence-corrected chi connectivity index (χ4v) is 1.53. The number of halogens is 2. The van der Waals surface area contributed by atoms with Gasteiger partial charge in [0.25, 0.3) is 0 Å². The van der Waals surface area contributed by atoms with Crippen LogP contribution in [0.15, 0.2) is 18.2 Å². The van der Waals surface area contributed by atoms with E-state index in [4.69, 9.17) is 23.2 Å². The second-order valence-corrected chi connectivity index (χ2v) is 4.03. The molecule has 0 radical (unpaired) electrons. The van der Waals surface area contributed by atoms with Gasteiger partial charge in [-0.05, 0) is 32.2 Å². The van der Waals surface area contributed by atoms with Crippen LogP contribution in [0.1, 0.15) is 6.92 Å². The molecule has 0 saturated heterocycles. The molecular weight excluding hydrogens is 235 g/mol. The van der Waals surface area contributed by atoms with Gasteiger partial charge in [-0.2, -0.15) is 0 Å². The highest BCUT2D eigenvalue weighted by Gasteiger charge is 2.10. The van der Waals surface area contributed by atoms with E-state index in [1.54, 1.807) is 32.2 Å². The van der Waals surface area contributed by atoms with Crippen LogP contribution in [0.2, 0.25) is 10.0 Å². The Hall–Kier alpha value is -0.770. The molecule has 1 unspecified atom stereocenters. The molecule has 0 aliphatic carbocycles. The van der Waals surface area contributed by atoms with E-state index in [9.17, 15) is 4.79 Å². The predicted octanol–water partition coefficient (Wildman–Crippen LogP) is 2.54. The fraction of sp³-hybridized carbons (Fsp3) is 0.300. The number of benzene rings is 1. The van der Waals surface area contributed by atoms with Crippen LogP contribution >= 0.6 is 23.2 Å². The van der Waals surface area contributed by atoms with E-state index in [1.807, 2.05) is 0 Å². The van der Waals surface area contributed by atoms with Crippen molar-refractivity contribution in [2.24, 2.45) is 0 Å². The topological polar surface area (TPSA) is 41.1 Å². The lowest BCUT2D eigenvalue weighted by Crippen LogP contribution is -2.35. The minimum absolute atomic E-state index is 0.129. The Labute approximate surface area is 98.8 Å². The van der Waals surface area contributed by atoms with Gasteiger partial charge in [0.2, 0.25) is 5.91 Å².